The van der Waals surface area contributed by atoms with E-state index in [1.807, 2.05) is 0 Å². The second-order valence-electron chi connectivity index (χ2n) is 2.79. The second-order valence-corrected chi connectivity index (χ2v) is 2.79. The Hall–Kier alpha value is -1.84. The summed E-state index contributed by atoms with van der Waals surface area (Å²) in [7, 11) is 0. The van der Waals surface area contributed by atoms with E-state index in [9.17, 15) is 5.11 Å². The van der Waals surface area contributed by atoms with Gasteiger partial charge in [0.15, 0.2) is 0 Å². The fraction of sp³-hybridized carbons (Fsp3) is 0.111. The van der Waals surface area contributed by atoms with Gasteiger partial charge in [-0.3, -0.25) is 5.10 Å². The number of aromatic hydroxyl groups is 1. The van der Waals surface area contributed by atoms with Gasteiger partial charge < -0.3 is 5.11 Å². The smallest absolute Gasteiger partial charge is 0.136 e. The number of hydrogen-bond acceptors (Lipinski definition) is 3. The lowest BCUT2D eigenvalue weighted by molar-refractivity contribution is 0.468. The van der Waals surface area contributed by atoms with Crippen LogP contribution in [0.5, 0.6) is 5.75 Å². The van der Waals surface area contributed by atoms with Crippen LogP contribution in [0.4, 0.5) is 0 Å². The molecular formula is C9H9N3O. The van der Waals surface area contributed by atoms with Crippen molar-refractivity contribution in [2.24, 2.45) is 0 Å². The van der Waals surface area contributed by atoms with Crippen molar-refractivity contribution < 1.29 is 5.11 Å². The topological polar surface area (TPSA) is 61.8 Å². The highest BCUT2D eigenvalue weighted by molar-refractivity contribution is 5.57. The summed E-state index contributed by atoms with van der Waals surface area (Å²) in [6.45, 7) is 1.76. The Labute approximate surface area is 75.3 Å². The maximum absolute atomic E-state index is 9.26. The van der Waals surface area contributed by atoms with Crippen LogP contribution >= 0.6 is 0 Å². The lowest BCUT2D eigenvalue weighted by Gasteiger charge is -1.99. The van der Waals surface area contributed by atoms with Crippen LogP contribution in [-0.4, -0.2) is 20.3 Å². The van der Waals surface area contributed by atoms with Crippen LogP contribution in [0.2, 0.25) is 0 Å². The van der Waals surface area contributed by atoms with Gasteiger partial charge in [0.25, 0.3) is 0 Å². The summed E-state index contributed by atoms with van der Waals surface area (Å²) in [5, 5.41) is 15.8. The molecule has 0 aliphatic heterocycles. The van der Waals surface area contributed by atoms with Gasteiger partial charge in [0.1, 0.15) is 5.75 Å². The fourth-order valence-corrected chi connectivity index (χ4v) is 1.11. The van der Waals surface area contributed by atoms with Crippen molar-refractivity contribution in [3.8, 4) is 17.0 Å². The number of rotatable bonds is 1. The first-order valence-corrected chi connectivity index (χ1v) is 3.93. The Morgan fingerprint density at radius 1 is 1.38 bits per heavy atom. The van der Waals surface area contributed by atoms with Crippen molar-refractivity contribution in [2.75, 3.05) is 0 Å². The fourth-order valence-electron chi connectivity index (χ4n) is 1.11. The van der Waals surface area contributed by atoms with Gasteiger partial charge in [-0.15, -0.1) is 0 Å². The van der Waals surface area contributed by atoms with Gasteiger partial charge in [-0.05, 0) is 19.1 Å². The number of hydrogen-bond donors (Lipinski definition) is 2. The molecule has 0 spiro atoms. The number of aromatic amines is 1. The predicted molar refractivity (Wildman–Crippen MR) is 48.2 cm³/mol. The average Bonchev–Trinajstić information content (AvgIpc) is 2.62. The summed E-state index contributed by atoms with van der Waals surface area (Å²) in [5.74, 6) is 0.215. The Morgan fingerprint density at radius 2 is 2.23 bits per heavy atom. The number of aryl methyl sites for hydroxylation is 1. The van der Waals surface area contributed by atoms with Crippen molar-refractivity contribution in [3.63, 3.8) is 0 Å². The first-order valence-electron chi connectivity index (χ1n) is 3.93. The normalized spacial score (nSPS) is 10.2. The molecule has 0 fully saturated rings. The van der Waals surface area contributed by atoms with E-state index in [0.717, 1.165) is 11.3 Å². The van der Waals surface area contributed by atoms with Gasteiger partial charge in [0, 0.05) is 11.8 Å². The lowest BCUT2D eigenvalue weighted by Crippen LogP contribution is -1.85. The van der Waals surface area contributed by atoms with Crippen LogP contribution in [0.3, 0.4) is 0 Å². The third kappa shape index (κ3) is 1.38. The molecule has 0 unspecified atom stereocenters. The van der Waals surface area contributed by atoms with Gasteiger partial charge >= 0.3 is 0 Å². The molecule has 0 aliphatic carbocycles. The summed E-state index contributed by atoms with van der Waals surface area (Å²) in [6, 6.07) is 3.39. The zero-order valence-corrected chi connectivity index (χ0v) is 7.15. The van der Waals surface area contributed by atoms with E-state index in [2.05, 4.69) is 15.2 Å². The van der Waals surface area contributed by atoms with E-state index < -0.39 is 0 Å². The summed E-state index contributed by atoms with van der Waals surface area (Å²) in [6.07, 6.45) is 3.46. The Bertz CT molecular complexity index is 409. The highest BCUT2D eigenvalue weighted by Gasteiger charge is 2.02. The molecular weight excluding hydrogens is 166 g/mol. The molecule has 0 aliphatic rings. The van der Waals surface area contributed by atoms with Crippen LogP contribution in [0.15, 0.2) is 24.5 Å². The van der Waals surface area contributed by atoms with E-state index in [1.165, 1.54) is 0 Å². The number of pyridine rings is 1. The molecule has 2 N–H and O–H groups in total. The van der Waals surface area contributed by atoms with Crippen LogP contribution in [0, 0.1) is 6.92 Å². The first-order chi connectivity index (χ1) is 6.27. The monoisotopic (exact) mass is 175 g/mol. The molecule has 13 heavy (non-hydrogen) atoms. The maximum atomic E-state index is 9.26. The van der Waals surface area contributed by atoms with Gasteiger partial charge in [-0.25, -0.2) is 4.98 Å². The van der Waals surface area contributed by atoms with Crippen molar-refractivity contribution in [2.45, 2.75) is 6.92 Å². The largest absolute Gasteiger partial charge is 0.506 e. The van der Waals surface area contributed by atoms with Crippen molar-refractivity contribution in [1.29, 1.82) is 0 Å². The molecule has 2 heterocycles. The Balaban J connectivity index is 2.49. The number of aromatic nitrogens is 3. The molecule has 0 bridgehead atoms. The molecule has 0 amide bonds. The Kier molecular flexibility index (Phi) is 1.73. The minimum atomic E-state index is 0.215. The highest BCUT2D eigenvalue weighted by atomic mass is 16.3. The molecule has 2 aromatic rings. The van der Waals surface area contributed by atoms with Crippen LogP contribution in [-0.2, 0) is 0 Å². The summed E-state index contributed by atoms with van der Waals surface area (Å²) >= 11 is 0. The van der Waals surface area contributed by atoms with Crippen LogP contribution in [0.1, 0.15) is 5.69 Å². The maximum Gasteiger partial charge on any atom is 0.136 e. The SMILES string of the molecule is Cc1nc(-c2cn[nH]c2)ccc1O. The van der Waals surface area contributed by atoms with E-state index >= 15 is 0 Å². The molecule has 4 nitrogen and oxygen atoms in total. The lowest BCUT2D eigenvalue weighted by atomic mass is 10.2. The zero-order valence-electron chi connectivity index (χ0n) is 7.15. The summed E-state index contributed by atoms with van der Waals surface area (Å²) in [4.78, 5) is 4.21. The van der Waals surface area contributed by atoms with E-state index in [-0.39, 0.29) is 5.75 Å². The quantitative estimate of drug-likeness (QED) is 0.690. The van der Waals surface area contributed by atoms with Crippen LogP contribution in [0.25, 0.3) is 11.3 Å². The van der Waals surface area contributed by atoms with E-state index in [0.29, 0.717) is 5.69 Å². The standard InChI is InChI=1S/C9H9N3O/c1-6-9(13)3-2-8(12-6)7-4-10-11-5-7/h2-5,13H,1H3,(H,10,11). The molecule has 66 valence electrons. The zero-order chi connectivity index (χ0) is 9.26. The van der Waals surface area contributed by atoms with Crippen LogP contribution < -0.4 is 0 Å². The molecule has 0 atom stereocenters. The molecule has 0 saturated heterocycles. The van der Waals surface area contributed by atoms with Gasteiger partial charge in [-0.2, -0.15) is 5.10 Å². The summed E-state index contributed by atoms with van der Waals surface area (Å²) < 4.78 is 0. The molecule has 0 radical (unpaired) electrons. The van der Waals surface area contributed by atoms with Crippen molar-refractivity contribution in [1.82, 2.24) is 15.2 Å². The molecule has 2 aromatic heterocycles. The summed E-state index contributed by atoms with van der Waals surface area (Å²) in [5.41, 5.74) is 2.35. The van der Waals surface area contributed by atoms with Crippen molar-refractivity contribution in [3.05, 3.63) is 30.2 Å². The first kappa shape index (κ1) is 7.79. The predicted octanol–water partition coefficient (Wildman–Crippen LogP) is 1.49. The molecule has 0 saturated carbocycles. The Morgan fingerprint density at radius 3 is 2.85 bits per heavy atom. The highest BCUT2D eigenvalue weighted by Crippen LogP contribution is 2.20. The molecule has 0 aromatic carbocycles. The number of H-pyrrole nitrogens is 1. The minimum absolute atomic E-state index is 0.215. The van der Waals surface area contributed by atoms with Crippen molar-refractivity contribution >= 4 is 0 Å². The number of nitrogens with zero attached hydrogens (tertiary/aromatic N) is 2. The van der Waals surface area contributed by atoms with E-state index in [1.54, 1.807) is 31.5 Å². The van der Waals surface area contributed by atoms with Gasteiger partial charge in [0.2, 0.25) is 0 Å². The average molecular weight is 175 g/mol. The van der Waals surface area contributed by atoms with Gasteiger partial charge in [-0.1, -0.05) is 0 Å². The minimum Gasteiger partial charge on any atom is -0.506 e. The molecule has 4 heteroatoms. The van der Waals surface area contributed by atoms with E-state index in [4.69, 9.17) is 0 Å². The third-order valence-corrected chi connectivity index (χ3v) is 1.85. The van der Waals surface area contributed by atoms with Gasteiger partial charge in [0.05, 0.1) is 17.6 Å². The number of nitrogens with one attached hydrogen (secondary N) is 1. The second kappa shape index (κ2) is 2.90. The molecule has 2 rings (SSSR count). The third-order valence-electron chi connectivity index (χ3n) is 1.85.